The van der Waals surface area contributed by atoms with Gasteiger partial charge in [0.25, 0.3) is 0 Å². The van der Waals surface area contributed by atoms with E-state index < -0.39 is 0 Å². The highest BCUT2D eigenvalue weighted by molar-refractivity contribution is 8.76. The SMILES string of the molecule is CCCCOCCCSSCCCOCCO. The smallest absolute Gasteiger partial charge is 0.0697 e. The summed E-state index contributed by atoms with van der Waals surface area (Å²) < 4.78 is 10.7. The first-order chi connectivity index (χ1) is 8.41. The lowest BCUT2D eigenvalue weighted by atomic mass is 10.4. The summed E-state index contributed by atoms with van der Waals surface area (Å²) in [5.41, 5.74) is 0. The molecule has 17 heavy (non-hydrogen) atoms. The van der Waals surface area contributed by atoms with Gasteiger partial charge in [-0.25, -0.2) is 0 Å². The number of rotatable bonds is 14. The Bertz CT molecular complexity index is 123. The number of hydrogen-bond donors (Lipinski definition) is 1. The molecule has 3 nitrogen and oxygen atoms in total. The number of hydrogen-bond acceptors (Lipinski definition) is 5. The minimum Gasteiger partial charge on any atom is -0.394 e. The molecule has 5 heteroatoms. The maximum Gasteiger partial charge on any atom is 0.0697 e. The molecule has 0 aliphatic heterocycles. The second kappa shape index (κ2) is 16.6. The van der Waals surface area contributed by atoms with E-state index in [9.17, 15) is 0 Å². The van der Waals surface area contributed by atoms with Crippen LogP contribution >= 0.6 is 21.6 Å². The summed E-state index contributed by atoms with van der Waals surface area (Å²) in [6.07, 6.45) is 4.59. The molecule has 0 aromatic carbocycles. The lowest BCUT2D eigenvalue weighted by Crippen LogP contribution is -2.01. The first kappa shape index (κ1) is 17.6. The zero-order valence-corrected chi connectivity index (χ0v) is 12.5. The molecule has 0 fully saturated rings. The van der Waals surface area contributed by atoms with Crippen molar-refractivity contribution in [3.63, 3.8) is 0 Å². The van der Waals surface area contributed by atoms with E-state index in [0.717, 1.165) is 44.2 Å². The van der Waals surface area contributed by atoms with E-state index in [1.807, 2.05) is 21.6 Å². The summed E-state index contributed by atoms with van der Waals surface area (Å²) in [6, 6.07) is 0. The van der Waals surface area contributed by atoms with E-state index in [4.69, 9.17) is 14.6 Å². The average Bonchev–Trinajstić information content (AvgIpc) is 2.35. The molecular formula is C12H26O3S2. The number of aliphatic hydroxyl groups is 1. The van der Waals surface area contributed by atoms with Crippen molar-refractivity contribution in [1.29, 1.82) is 0 Å². The van der Waals surface area contributed by atoms with Crippen LogP contribution < -0.4 is 0 Å². The molecule has 0 aliphatic carbocycles. The normalized spacial score (nSPS) is 10.9. The van der Waals surface area contributed by atoms with E-state index in [1.54, 1.807) is 0 Å². The topological polar surface area (TPSA) is 38.7 Å². The standard InChI is InChI=1S/C12H26O3S2/c1-2-3-7-14-8-4-11-16-17-12-5-9-15-10-6-13/h13H,2-12H2,1H3. The molecule has 0 atom stereocenters. The Morgan fingerprint density at radius 2 is 1.35 bits per heavy atom. The van der Waals surface area contributed by atoms with Crippen LogP contribution in [0.3, 0.4) is 0 Å². The third kappa shape index (κ3) is 16.6. The van der Waals surface area contributed by atoms with Crippen LogP contribution in [0.25, 0.3) is 0 Å². The van der Waals surface area contributed by atoms with Gasteiger partial charge in [0.1, 0.15) is 0 Å². The predicted molar refractivity (Wildman–Crippen MR) is 77.8 cm³/mol. The van der Waals surface area contributed by atoms with Gasteiger partial charge >= 0.3 is 0 Å². The van der Waals surface area contributed by atoms with Crippen molar-refractivity contribution >= 4 is 21.6 Å². The fourth-order valence-corrected chi connectivity index (χ4v) is 3.19. The number of unbranched alkanes of at least 4 members (excludes halogenated alkanes) is 1. The second-order valence-electron chi connectivity index (χ2n) is 3.65. The minimum absolute atomic E-state index is 0.125. The van der Waals surface area contributed by atoms with Gasteiger partial charge in [0.05, 0.1) is 13.2 Å². The fraction of sp³-hybridized carbons (Fsp3) is 1.00. The molecule has 0 heterocycles. The van der Waals surface area contributed by atoms with Gasteiger partial charge < -0.3 is 14.6 Å². The van der Waals surface area contributed by atoms with Crippen molar-refractivity contribution in [3.8, 4) is 0 Å². The predicted octanol–water partition coefficient (Wildman–Crippen LogP) is 2.97. The summed E-state index contributed by atoms with van der Waals surface area (Å²) in [5.74, 6) is 2.28. The summed E-state index contributed by atoms with van der Waals surface area (Å²) in [6.45, 7) is 5.34. The van der Waals surface area contributed by atoms with Crippen LogP contribution in [0, 0.1) is 0 Å². The van der Waals surface area contributed by atoms with Crippen LogP contribution in [0.4, 0.5) is 0 Å². The molecule has 0 aliphatic rings. The summed E-state index contributed by atoms with van der Waals surface area (Å²) in [5, 5.41) is 8.50. The Labute approximate surface area is 113 Å². The third-order valence-electron chi connectivity index (χ3n) is 1.99. The van der Waals surface area contributed by atoms with E-state index in [0.29, 0.717) is 6.61 Å². The van der Waals surface area contributed by atoms with Gasteiger partial charge in [-0.15, -0.1) is 0 Å². The highest BCUT2D eigenvalue weighted by Crippen LogP contribution is 2.22. The molecule has 0 unspecified atom stereocenters. The molecule has 0 spiro atoms. The maximum absolute atomic E-state index is 8.50. The lowest BCUT2D eigenvalue weighted by Gasteiger charge is -2.03. The fourth-order valence-electron chi connectivity index (χ4n) is 1.07. The molecule has 104 valence electrons. The van der Waals surface area contributed by atoms with Crippen LogP contribution in [0.1, 0.15) is 32.6 Å². The molecular weight excluding hydrogens is 256 g/mol. The molecule has 0 bridgehead atoms. The van der Waals surface area contributed by atoms with Crippen molar-refractivity contribution in [3.05, 3.63) is 0 Å². The van der Waals surface area contributed by atoms with E-state index >= 15 is 0 Å². The van der Waals surface area contributed by atoms with Gasteiger partial charge in [-0.05, 0) is 19.3 Å². The van der Waals surface area contributed by atoms with Gasteiger partial charge in [0, 0.05) is 31.3 Å². The van der Waals surface area contributed by atoms with Crippen LogP contribution in [0.15, 0.2) is 0 Å². The minimum atomic E-state index is 0.125. The summed E-state index contributed by atoms with van der Waals surface area (Å²) in [4.78, 5) is 0. The summed E-state index contributed by atoms with van der Waals surface area (Å²) in [7, 11) is 3.81. The van der Waals surface area contributed by atoms with Crippen molar-refractivity contribution in [2.45, 2.75) is 32.6 Å². The number of aliphatic hydroxyl groups excluding tert-OH is 1. The van der Waals surface area contributed by atoms with E-state index in [1.165, 1.54) is 12.8 Å². The van der Waals surface area contributed by atoms with Gasteiger partial charge in [-0.3, -0.25) is 0 Å². The van der Waals surface area contributed by atoms with Crippen LogP contribution in [0.2, 0.25) is 0 Å². The van der Waals surface area contributed by atoms with Crippen molar-refractivity contribution in [2.24, 2.45) is 0 Å². The van der Waals surface area contributed by atoms with Crippen molar-refractivity contribution < 1.29 is 14.6 Å². The third-order valence-corrected chi connectivity index (χ3v) is 4.57. The molecule has 0 aromatic rings. The monoisotopic (exact) mass is 282 g/mol. The van der Waals surface area contributed by atoms with Crippen molar-refractivity contribution in [1.82, 2.24) is 0 Å². The van der Waals surface area contributed by atoms with Crippen LogP contribution in [-0.2, 0) is 9.47 Å². The molecule has 0 radical (unpaired) electrons. The van der Waals surface area contributed by atoms with Crippen molar-refractivity contribution in [2.75, 3.05) is 44.5 Å². The molecule has 0 saturated heterocycles. The Morgan fingerprint density at radius 1 is 0.824 bits per heavy atom. The largest absolute Gasteiger partial charge is 0.394 e. The first-order valence-corrected chi connectivity index (χ1v) is 8.91. The zero-order chi connectivity index (χ0) is 12.6. The molecule has 0 amide bonds. The van der Waals surface area contributed by atoms with E-state index in [2.05, 4.69) is 6.92 Å². The van der Waals surface area contributed by atoms with Crippen LogP contribution in [0.5, 0.6) is 0 Å². The van der Waals surface area contributed by atoms with Crippen LogP contribution in [-0.4, -0.2) is 49.6 Å². The maximum atomic E-state index is 8.50. The highest BCUT2D eigenvalue weighted by Gasteiger charge is 1.93. The first-order valence-electron chi connectivity index (χ1n) is 6.42. The van der Waals surface area contributed by atoms with Gasteiger partial charge in [0.15, 0.2) is 0 Å². The average molecular weight is 282 g/mol. The second-order valence-corrected chi connectivity index (χ2v) is 6.36. The molecule has 0 aromatic heterocycles. The Hall–Kier alpha value is 0.580. The van der Waals surface area contributed by atoms with Gasteiger partial charge in [-0.2, -0.15) is 0 Å². The Morgan fingerprint density at radius 3 is 1.88 bits per heavy atom. The number of ether oxygens (including phenoxy) is 2. The van der Waals surface area contributed by atoms with Gasteiger partial charge in [-0.1, -0.05) is 34.9 Å². The highest BCUT2D eigenvalue weighted by atomic mass is 33.1. The Kier molecular flexibility index (Phi) is 17.1. The molecule has 0 rings (SSSR count). The van der Waals surface area contributed by atoms with Gasteiger partial charge in [0.2, 0.25) is 0 Å². The molecule has 1 N–H and O–H groups in total. The quantitative estimate of drug-likeness (QED) is 0.392. The summed E-state index contributed by atoms with van der Waals surface area (Å²) >= 11 is 0. The Balaban J connectivity index is 2.85. The lowest BCUT2D eigenvalue weighted by molar-refractivity contribution is 0.0933. The zero-order valence-electron chi connectivity index (χ0n) is 10.9. The van der Waals surface area contributed by atoms with E-state index in [-0.39, 0.29) is 6.61 Å². The molecule has 0 saturated carbocycles.